The summed E-state index contributed by atoms with van der Waals surface area (Å²) in [5, 5.41) is 5.40. The Bertz CT molecular complexity index is 844. The van der Waals surface area contributed by atoms with E-state index >= 15 is 0 Å². The average Bonchev–Trinajstić information content (AvgIpc) is 3.17. The number of hydrogen-bond donors (Lipinski definition) is 1. The van der Waals surface area contributed by atoms with E-state index in [2.05, 4.69) is 22.1 Å². The van der Waals surface area contributed by atoms with Crippen molar-refractivity contribution in [1.29, 1.82) is 0 Å². The van der Waals surface area contributed by atoms with Crippen LogP contribution in [-0.4, -0.2) is 19.7 Å². The molecule has 1 aliphatic rings. The molecule has 5 heteroatoms. The monoisotopic (exact) mass is 294 g/mol. The molecule has 112 valence electrons. The van der Waals surface area contributed by atoms with Crippen LogP contribution in [0.5, 0.6) is 0 Å². The third-order valence-electron chi connectivity index (χ3n) is 4.45. The van der Waals surface area contributed by atoms with Crippen molar-refractivity contribution in [3.8, 4) is 0 Å². The maximum Gasteiger partial charge on any atom is 0.262 e. The molecule has 1 N–H and O–H groups in total. The third kappa shape index (κ3) is 2.22. The molecule has 1 aliphatic carbocycles. The van der Waals surface area contributed by atoms with Gasteiger partial charge in [0.15, 0.2) is 5.65 Å². The minimum absolute atomic E-state index is 0.0971. The minimum Gasteiger partial charge on any atom is -0.312 e. The summed E-state index contributed by atoms with van der Waals surface area (Å²) in [5.74, 6) is 0. The van der Waals surface area contributed by atoms with Crippen LogP contribution >= 0.6 is 0 Å². The number of aromatic nitrogens is 4. The molecule has 2 heterocycles. The van der Waals surface area contributed by atoms with Gasteiger partial charge in [0.05, 0.1) is 18.1 Å². The number of hydrogen-bond acceptors (Lipinski definition) is 3. The van der Waals surface area contributed by atoms with Crippen molar-refractivity contribution in [3.05, 3.63) is 58.3 Å². The SMILES string of the molecule is O=c1[nH]cnc2c1c(Cc1ccccc1)nn2C1CCCC1. The Hall–Kier alpha value is -2.43. The van der Waals surface area contributed by atoms with E-state index in [1.807, 2.05) is 22.9 Å². The predicted molar refractivity (Wildman–Crippen MR) is 84.9 cm³/mol. The molecule has 0 radical (unpaired) electrons. The van der Waals surface area contributed by atoms with Crippen molar-refractivity contribution in [2.75, 3.05) is 0 Å². The van der Waals surface area contributed by atoms with Gasteiger partial charge in [-0.25, -0.2) is 9.67 Å². The molecule has 0 unspecified atom stereocenters. The van der Waals surface area contributed by atoms with E-state index in [0.717, 1.165) is 29.7 Å². The maximum absolute atomic E-state index is 12.3. The second-order valence-corrected chi connectivity index (χ2v) is 5.92. The molecule has 5 nitrogen and oxygen atoms in total. The van der Waals surface area contributed by atoms with Crippen LogP contribution in [0.2, 0.25) is 0 Å². The quantitative estimate of drug-likeness (QED) is 0.808. The molecule has 4 rings (SSSR count). The summed E-state index contributed by atoms with van der Waals surface area (Å²) in [5.41, 5.74) is 2.60. The Labute approximate surface area is 128 Å². The number of rotatable bonds is 3. The zero-order valence-electron chi connectivity index (χ0n) is 12.3. The second kappa shape index (κ2) is 5.40. The highest BCUT2D eigenvalue weighted by molar-refractivity contribution is 5.77. The van der Waals surface area contributed by atoms with E-state index < -0.39 is 0 Å². The molecule has 1 aromatic carbocycles. The number of benzene rings is 1. The molecule has 1 fully saturated rings. The Kier molecular flexibility index (Phi) is 3.25. The summed E-state index contributed by atoms with van der Waals surface area (Å²) in [7, 11) is 0. The molecule has 2 aromatic heterocycles. The third-order valence-corrected chi connectivity index (χ3v) is 4.45. The molecule has 0 amide bonds. The fraction of sp³-hybridized carbons (Fsp3) is 0.353. The first kappa shape index (κ1) is 13.2. The van der Waals surface area contributed by atoms with E-state index in [-0.39, 0.29) is 5.56 Å². The van der Waals surface area contributed by atoms with Crippen molar-refractivity contribution in [1.82, 2.24) is 19.7 Å². The van der Waals surface area contributed by atoms with Crippen molar-refractivity contribution in [3.63, 3.8) is 0 Å². The second-order valence-electron chi connectivity index (χ2n) is 5.92. The van der Waals surface area contributed by atoms with Gasteiger partial charge in [0.2, 0.25) is 0 Å². The van der Waals surface area contributed by atoms with Crippen molar-refractivity contribution in [2.45, 2.75) is 38.1 Å². The molecule has 0 saturated heterocycles. The van der Waals surface area contributed by atoms with Crippen molar-refractivity contribution < 1.29 is 0 Å². The topological polar surface area (TPSA) is 63.6 Å². The van der Waals surface area contributed by atoms with Crippen LogP contribution in [0, 0.1) is 0 Å². The van der Waals surface area contributed by atoms with Crippen LogP contribution in [0.15, 0.2) is 41.5 Å². The maximum atomic E-state index is 12.3. The molecule has 1 saturated carbocycles. The molecule has 0 aliphatic heterocycles. The molecular weight excluding hydrogens is 276 g/mol. The van der Waals surface area contributed by atoms with E-state index in [9.17, 15) is 4.79 Å². The van der Waals surface area contributed by atoms with Crippen LogP contribution < -0.4 is 5.56 Å². The largest absolute Gasteiger partial charge is 0.312 e. The molecule has 22 heavy (non-hydrogen) atoms. The molecule has 0 atom stereocenters. The summed E-state index contributed by atoms with van der Waals surface area (Å²) < 4.78 is 1.98. The molecular formula is C17H18N4O. The predicted octanol–water partition coefficient (Wildman–Crippen LogP) is 2.83. The van der Waals surface area contributed by atoms with Crippen LogP contribution in [0.4, 0.5) is 0 Å². The first-order chi connectivity index (χ1) is 10.8. The van der Waals surface area contributed by atoms with E-state index in [4.69, 9.17) is 5.10 Å². The van der Waals surface area contributed by atoms with Gasteiger partial charge in [-0.15, -0.1) is 0 Å². The number of aromatic amines is 1. The summed E-state index contributed by atoms with van der Waals surface area (Å²) in [6, 6.07) is 10.5. The lowest BCUT2D eigenvalue weighted by Crippen LogP contribution is -2.10. The summed E-state index contributed by atoms with van der Waals surface area (Å²) >= 11 is 0. The Morgan fingerprint density at radius 1 is 1.18 bits per heavy atom. The summed E-state index contributed by atoms with van der Waals surface area (Å²) in [6.45, 7) is 0. The Balaban J connectivity index is 1.85. The standard InChI is InChI=1S/C17H18N4O/c22-17-15-14(10-12-6-2-1-3-7-12)20-21(13-8-4-5-9-13)16(15)18-11-19-17/h1-3,6-7,11,13H,4-5,8-10H2,(H,18,19,22). The van der Waals surface area contributed by atoms with Crippen molar-refractivity contribution >= 4 is 11.0 Å². The van der Waals surface area contributed by atoms with Crippen LogP contribution in [0.25, 0.3) is 11.0 Å². The highest BCUT2D eigenvalue weighted by atomic mass is 16.1. The lowest BCUT2D eigenvalue weighted by molar-refractivity contribution is 0.475. The van der Waals surface area contributed by atoms with Gasteiger partial charge in [0.1, 0.15) is 5.39 Å². The van der Waals surface area contributed by atoms with Gasteiger partial charge < -0.3 is 4.98 Å². The van der Waals surface area contributed by atoms with Crippen LogP contribution in [-0.2, 0) is 6.42 Å². The van der Waals surface area contributed by atoms with Crippen molar-refractivity contribution in [2.24, 2.45) is 0 Å². The Morgan fingerprint density at radius 3 is 2.73 bits per heavy atom. The van der Waals surface area contributed by atoms with Gasteiger partial charge in [-0.05, 0) is 18.4 Å². The highest BCUT2D eigenvalue weighted by Crippen LogP contribution is 2.31. The lowest BCUT2D eigenvalue weighted by Gasteiger charge is -2.09. The summed E-state index contributed by atoms with van der Waals surface area (Å²) in [4.78, 5) is 19.3. The molecule has 0 bridgehead atoms. The van der Waals surface area contributed by atoms with Gasteiger partial charge in [-0.2, -0.15) is 5.10 Å². The average molecular weight is 294 g/mol. The van der Waals surface area contributed by atoms with E-state index in [1.54, 1.807) is 0 Å². The van der Waals surface area contributed by atoms with Gasteiger partial charge in [0, 0.05) is 6.42 Å². The van der Waals surface area contributed by atoms with Gasteiger partial charge >= 0.3 is 0 Å². The van der Waals surface area contributed by atoms with E-state index in [0.29, 0.717) is 17.8 Å². The number of H-pyrrole nitrogens is 1. The van der Waals surface area contributed by atoms with Crippen LogP contribution in [0.3, 0.4) is 0 Å². The molecule has 0 spiro atoms. The zero-order valence-corrected chi connectivity index (χ0v) is 12.3. The van der Waals surface area contributed by atoms with Gasteiger partial charge in [-0.1, -0.05) is 43.2 Å². The highest BCUT2D eigenvalue weighted by Gasteiger charge is 2.23. The van der Waals surface area contributed by atoms with Crippen LogP contribution in [0.1, 0.15) is 43.0 Å². The van der Waals surface area contributed by atoms with Gasteiger partial charge in [0.25, 0.3) is 5.56 Å². The van der Waals surface area contributed by atoms with Gasteiger partial charge in [-0.3, -0.25) is 4.79 Å². The zero-order chi connectivity index (χ0) is 14.9. The first-order valence-electron chi connectivity index (χ1n) is 7.81. The smallest absolute Gasteiger partial charge is 0.262 e. The Morgan fingerprint density at radius 2 is 1.95 bits per heavy atom. The minimum atomic E-state index is -0.0971. The van der Waals surface area contributed by atoms with E-state index in [1.165, 1.54) is 19.2 Å². The fourth-order valence-electron chi connectivity index (χ4n) is 3.37. The first-order valence-corrected chi connectivity index (χ1v) is 7.81. The fourth-order valence-corrected chi connectivity index (χ4v) is 3.37. The summed E-state index contributed by atoms with van der Waals surface area (Å²) in [6.07, 6.45) is 6.83. The number of nitrogens with zero attached hydrogens (tertiary/aromatic N) is 3. The molecule has 3 aromatic rings. The lowest BCUT2D eigenvalue weighted by atomic mass is 10.1. The number of fused-ring (bicyclic) bond motifs is 1. The number of nitrogens with one attached hydrogen (secondary N) is 1. The normalized spacial score (nSPS) is 15.6.